The van der Waals surface area contributed by atoms with Crippen LogP contribution < -0.4 is 14.8 Å². The minimum Gasteiger partial charge on any atom is -0.493 e. The minimum absolute atomic E-state index is 0.117. The lowest BCUT2D eigenvalue weighted by molar-refractivity contribution is -0.132. The minimum atomic E-state index is 0.117. The van der Waals surface area contributed by atoms with Crippen molar-refractivity contribution in [2.24, 2.45) is 0 Å². The highest BCUT2D eigenvalue weighted by Crippen LogP contribution is 2.28. The van der Waals surface area contributed by atoms with Gasteiger partial charge in [-0.2, -0.15) is 0 Å². The van der Waals surface area contributed by atoms with E-state index in [9.17, 15) is 9.59 Å². The third-order valence-electron chi connectivity index (χ3n) is 4.85. The van der Waals surface area contributed by atoms with Gasteiger partial charge in [-0.25, -0.2) is 0 Å². The molecule has 0 spiro atoms. The zero-order valence-electron chi connectivity index (χ0n) is 16.8. The number of ether oxygens (including phenoxy) is 2. The molecule has 6 nitrogen and oxygen atoms in total. The molecule has 1 fully saturated rings. The Hall–Kier alpha value is -2.24. The number of carbonyl (C=O) groups is 2. The number of piperidine rings is 1. The van der Waals surface area contributed by atoms with Crippen molar-refractivity contribution in [3.8, 4) is 11.5 Å². The quantitative estimate of drug-likeness (QED) is 0.720. The van der Waals surface area contributed by atoms with Gasteiger partial charge in [0.1, 0.15) is 0 Å². The van der Waals surface area contributed by atoms with Crippen LogP contribution in [0.5, 0.6) is 11.5 Å². The summed E-state index contributed by atoms with van der Waals surface area (Å²) in [4.78, 5) is 26.1. The highest BCUT2D eigenvalue weighted by molar-refractivity contribution is 5.77. The summed E-state index contributed by atoms with van der Waals surface area (Å²) in [7, 11) is 1.62. The van der Waals surface area contributed by atoms with E-state index in [0.29, 0.717) is 44.7 Å². The van der Waals surface area contributed by atoms with E-state index in [2.05, 4.69) is 5.32 Å². The molecule has 1 aliphatic heterocycles. The number of rotatable bonds is 9. The van der Waals surface area contributed by atoms with E-state index in [1.807, 2.05) is 36.9 Å². The molecule has 1 saturated heterocycles. The van der Waals surface area contributed by atoms with Crippen molar-refractivity contribution in [3.63, 3.8) is 0 Å². The molecule has 2 amide bonds. The van der Waals surface area contributed by atoms with Crippen LogP contribution in [0.3, 0.4) is 0 Å². The molecule has 1 aliphatic rings. The molecule has 1 aromatic rings. The lowest BCUT2D eigenvalue weighted by Gasteiger charge is -2.32. The van der Waals surface area contributed by atoms with Gasteiger partial charge in [0.15, 0.2) is 11.5 Å². The monoisotopic (exact) mass is 376 g/mol. The molecule has 0 saturated carbocycles. The van der Waals surface area contributed by atoms with Gasteiger partial charge in [-0.15, -0.1) is 0 Å². The Labute approximate surface area is 162 Å². The van der Waals surface area contributed by atoms with Crippen LogP contribution in [0.2, 0.25) is 0 Å². The van der Waals surface area contributed by atoms with Crippen molar-refractivity contribution >= 4 is 11.8 Å². The second kappa shape index (κ2) is 10.8. The van der Waals surface area contributed by atoms with E-state index in [4.69, 9.17) is 9.47 Å². The van der Waals surface area contributed by atoms with Crippen LogP contribution in [-0.4, -0.2) is 49.6 Å². The van der Waals surface area contributed by atoms with Crippen molar-refractivity contribution in [2.45, 2.75) is 58.4 Å². The molecule has 0 aliphatic carbocycles. The fourth-order valence-electron chi connectivity index (χ4n) is 3.35. The predicted molar refractivity (Wildman–Crippen MR) is 105 cm³/mol. The zero-order chi connectivity index (χ0) is 19.6. The number of aryl methyl sites for hydroxylation is 1. The number of likely N-dealkylation sites (tertiary alicyclic amines) is 1. The predicted octanol–water partition coefficient (Wildman–Crippen LogP) is 2.93. The first-order chi connectivity index (χ1) is 13.1. The molecule has 0 radical (unpaired) electrons. The molecular formula is C21H32N2O4. The summed E-state index contributed by atoms with van der Waals surface area (Å²) in [5, 5.41) is 3.06. The fourth-order valence-corrected chi connectivity index (χ4v) is 3.35. The molecule has 1 heterocycles. The number of nitrogens with zero attached hydrogens (tertiary/aromatic N) is 1. The van der Waals surface area contributed by atoms with Crippen molar-refractivity contribution in [1.82, 2.24) is 10.2 Å². The average Bonchev–Trinajstić information content (AvgIpc) is 2.68. The first kappa shape index (κ1) is 21.1. The summed E-state index contributed by atoms with van der Waals surface area (Å²) in [6, 6.07) is 6.01. The van der Waals surface area contributed by atoms with Gasteiger partial charge in [0, 0.05) is 32.0 Å². The van der Waals surface area contributed by atoms with E-state index in [0.717, 1.165) is 30.6 Å². The van der Waals surface area contributed by atoms with E-state index in [1.54, 1.807) is 7.11 Å². The Morgan fingerprint density at radius 2 is 1.89 bits per heavy atom. The third kappa shape index (κ3) is 6.45. The summed E-state index contributed by atoms with van der Waals surface area (Å²) in [6.07, 6.45) is 4.25. The van der Waals surface area contributed by atoms with Crippen LogP contribution in [0, 0.1) is 0 Å². The number of methoxy groups -OCH3 is 1. The molecule has 1 N–H and O–H groups in total. The van der Waals surface area contributed by atoms with Crippen molar-refractivity contribution in [3.05, 3.63) is 23.8 Å². The van der Waals surface area contributed by atoms with Gasteiger partial charge in [0.25, 0.3) is 0 Å². The second-order valence-electron chi connectivity index (χ2n) is 6.89. The fraction of sp³-hybridized carbons (Fsp3) is 0.619. The lowest BCUT2D eigenvalue weighted by atomic mass is 10.0. The number of nitrogens with one attached hydrogen (secondary N) is 1. The SMILES string of the molecule is CCCC(=O)NC1CCN(C(=O)CCc2ccc(OCC)c(OC)c2)CC1. The summed E-state index contributed by atoms with van der Waals surface area (Å²) >= 11 is 0. The van der Waals surface area contributed by atoms with Gasteiger partial charge in [-0.1, -0.05) is 13.0 Å². The van der Waals surface area contributed by atoms with Crippen molar-refractivity contribution in [2.75, 3.05) is 26.8 Å². The number of amides is 2. The molecule has 27 heavy (non-hydrogen) atoms. The number of hydrogen-bond acceptors (Lipinski definition) is 4. The van der Waals surface area contributed by atoms with Crippen molar-refractivity contribution < 1.29 is 19.1 Å². The Balaban J connectivity index is 1.79. The smallest absolute Gasteiger partial charge is 0.222 e. The molecule has 0 bridgehead atoms. The maximum Gasteiger partial charge on any atom is 0.222 e. The summed E-state index contributed by atoms with van der Waals surface area (Å²) < 4.78 is 10.9. The Kier molecular flexibility index (Phi) is 8.43. The van der Waals surface area contributed by atoms with E-state index >= 15 is 0 Å². The Morgan fingerprint density at radius 1 is 1.15 bits per heavy atom. The van der Waals surface area contributed by atoms with Crippen LogP contribution in [0.25, 0.3) is 0 Å². The Morgan fingerprint density at radius 3 is 2.52 bits per heavy atom. The van der Waals surface area contributed by atoms with Crippen molar-refractivity contribution in [1.29, 1.82) is 0 Å². The van der Waals surface area contributed by atoms with Gasteiger partial charge in [0.05, 0.1) is 13.7 Å². The van der Waals surface area contributed by atoms with Gasteiger partial charge in [-0.3, -0.25) is 9.59 Å². The van der Waals surface area contributed by atoms with E-state index < -0.39 is 0 Å². The molecular weight excluding hydrogens is 344 g/mol. The zero-order valence-corrected chi connectivity index (χ0v) is 16.8. The van der Waals surface area contributed by atoms with Crippen LogP contribution in [0.15, 0.2) is 18.2 Å². The largest absolute Gasteiger partial charge is 0.493 e. The first-order valence-corrected chi connectivity index (χ1v) is 9.94. The van der Waals surface area contributed by atoms with E-state index in [-0.39, 0.29) is 17.9 Å². The topological polar surface area (TPSA) is 67.9 Å². The highest BCUT2D eigenvalue weighted by atomic mass is 16.5. The number of benzene rings is 1. The second-order valence-corrected chi connectivity index (χ2v) is 6.89. The normalized spacial score (nSPS) is 14.7. The van der Waals surface area contributed by atoms with Gasteiger partial charge < -0.3 is 19.7 Å². The van der Waals surface area contributed by atoms with Gasteiger partial charge in [0.2, 0.25) is 11.8 Å². The van der Waals surface area contributed by atoms with E-state index in [1.165, 1.54) is 0 Å². The molecule has 150 valence electrons. The number of carbonyl (C=O) groups excluding carboxylic acids is 2. The first-order valence-electron chi connectivity index (χ1n) is 9.94. The molecule has 0 aromatic heterocycles. The maximum absolute atomic E-state index is 12.5. The highest BCUT2D eigenvalue weighted by Gasteiger charge is 2.23. The summed E-state index contributed by atoms with van der Waals surface area (Å²) in [5.41, 5.74) is 1.06. The van der Waals surface area contributed by atoms with Crippen LogP contribution >= 0.6 is 0 Å². The third-order valence-corrected chi connectivity index (χ3v) is 4.85. The molecule has 0 atom stereocenters. The molecule has 2 rings (SSSR count). The van der Waals surface area contributed by atoms with Crippen LogP contribution in [0.1, 0.15) is 51.5 Å². The van der Waals surface area contributed by atoms with Crippen LogP contribution in [-0.2, 0) is 16.0 Å². The summed E-state index contributed by atoms with van der Waals surface area (Å²) in [6.45, 7) is 5.94. The molecule has 0 unspecified atom stereocenters. The molecule has 6 heteroatoms. The molecule has 1 aromatic carbocycles. The maximum atomic E-state index is 12.5. The summed E-state index contributed by atoms with van der Waals surface area (Å²) in [5.74, 6) is 1.71. The van der Waals surface area contributed by atoms with Gasteiger partial charge >= 0.3 is 0 Å². The van der Waals surface area contributed by atoms with Gasteiger partial charge in [-0.05, 0) is 50.3 Å². The standard InChI is InChI=1S/C21H32N2O4/c1-4-6-20(24)22-17-11-13-23(14-12-17)21(25)10-8-16-7-9-18(27-5-2)19(15-16)26-3/h7,9,15,17H,4-6,8,10-14H2,1-3H3,(H,22,24). The van der Waals surface area contributed by atoms with Crippen LogP contribution in [0.4, 0.5) is 0 Å². The number of hydrogen-bond donors (Lipinski definition) is 1. The Bertz CT molecular complexity index is 625. The lowest BCUT2D eigenvalue weighted by Crippen LogP contribution is -2.46. The average molecular weight is 376 g/mol.